The van der Waals surface area contributed by atoms with Crippen LogP contribution < -0.4 is 5.32 Å². The number of para-hydroxylation sites is 1. The van der Waals surface area contributed by atoms with Crippen LogP contribution in [0.3, 0.4) is 0 Å². The predicted octanol–water partition coefficient (Wildman–Crippen LogP) is 4.78. The summed E-state index contributed by atoms with van der Waals surface area (Å²) in [4.78, 5) is 17.6. The maximum absolute atomic E-state index is 13.1. The van der Waals surface area contributed by atoms with Crippen molar-refractivity contribution in [1.82, 2.24) is 19.7 Å². The zero-order valence-electron chi connectivity index (χ0n) is 16.9. The lowest BCUT2D eigenvalue weighted by Crippen LogP contribution is -2.13. The zero-order chi connectivity index (χ0) is 20.5. The number of nitrogens with zero attached hydrogens (tertiary/aromatic N) is 4. The quantitative estimate of drug-likeness (QED) is 0.540. The van der Waals surface area contributed by atoms with Crippen molar-refractivity contribution in [1.29, 1.82) is 0 Å². The van der Waals surface area contributed by atoms with Gasteiger partial charge in [-0.1, -0.05) is 36.8 Å². The molecular formula is C24H23N5O. The SMILES string of the molecule is Cc1cc(C(=O)Nc2cccc(-c3nnc4n3CCCCC4)c2)c2ccccc2n1. The highest BCUT2D eigenvalue weighted by Gasteiger charge is 2.17. The summed E-state index contributed by atoms with van der Waals surface area (Å²) in [5.41, 5.74) is 3.97. The van der Waals surface area contributed by atoms with E-state index in [1.807, 2.05) is 61.5 Å². The number of hydrogen-bond donors (Lipinski definition) is 1. The number of carbonyl (C=O) groups is 1. The van der Waals surface area contributed by atoms with Crippen LogP contribution in [0.1, 0.15) is 41.1 Å². The van der Waals surface area contributed by atoms with Crippen LogP contribution in [0.25, 0.3) is 22.3 Å². The Morgan fingerprint density at radius 2 is 1.90 bits per heavy atom. The molecule has 0 unspecified atom stereocenters. The molecule has 0 spiro atoms. The first-order valence-electron chi connectivity index (χ1n) is 10.4. The van der Waals surface area contributed by atoms with Crippen LogP contribution in [-0.2, 0) is 13.0 Å². The van der Waals surface area contributed by atoms with Crippen LogP contribution in [0, 0.1) is 6.92 Å². The van der Waals surface area contributed by atoms with Gasteiger partial charge in [-0.25, -0.2) is 0 Å². The van der Waals surface area contributed by atoms with Gasteiger partial charge in [-0.15, -0.1) is 10.2 Å². The summed E-state index contributed by atoms with van der Waals surface area (Å²) < 4.78 is 2.22. The van der Waals surface area contributed by atoms with E-state index in [2.05, 4.69) is 25.1 Å². The Morgan fingerprint density at radius 1 is 1.00 bits per heavy atom. The third-order valence-corrected chi connectivity index (χ3v) is 5.58. The fourth-order valence-electron chi connectivity index (χ4n) is 4.13. The Kier molecular flexibility index (Phi) is 4.75. The first-order chi connectivity index (χ1) is 14.7. The van der Waals surface area contributed by atoms with Gasteiger partial charge in [-0.05, 0) is 44.0 Å². The Hall–Kier alpha value is -3.54. The molecule has 6 nitrogen and oxygen atoms in total. The second-order valence-electron chi connectivity index (χ2n) is 7.77. The third-order valence-electron chi connectivity index (χ3n) is 5.58. The lowest BCUT2D eigenvalue weighted by Gasteiger charge is -2.11. The highest BCUT2D eigenvalue weighted by atomic mass is 16.1. The van der Waals surface area contributed by atoms with E-state index in [0.29, 0.717) is 5.56 Å². The van der Waals surface area contributed by atoms with Crippen LogP contribution in [-0.4, -0.2) is 25.7 Å². The van der Waals surface area contributed by atoms with Crippen molar-refractivity contribution >= 4 is 22.5 Å². The highest BCUT2D eigenvalue weighted by molar-refractivity contribution is 6.12. The molecule has 30 heavy (non-hydrogen) atoms. The summed E-state index contributed by atoms with van der Waals surface area (Å²) in [7, 11) is 0. The van der Waals surface area contributed by atoms with Crippen LogP contribution in [0.15, 0.2) is 54.6 Å². The van der Waals surface area contributed by atoms with Gasteiger partial charge in [-0.2, -0.15) is 0 Å². The molecule has 0 saturated carbocycles. The van der Waals surface area contributed by atoms with Gasteiger partial charge in [0.05, 0.1) is 11.1 Å². The van der Waals surface area contributed by atoms with Gasteiger partial charge in [-0.3, -0.25) is 9.78 Å². The van der Waals surface area contributed by atoms with Crippen LogP contribution in [0.2, 0.25) is 0 Å². The predicted molar refractivity (Wildman–Crippen MR) is 117 cm³/mol. The van der Waals surface area contributed by atoms with E-state index in [1.165, 1.54) is 6.42 Å². The fourth-order valence-corrected chi connectivity index (χ4v) is 4.13. The van der Waals surface area contributed by atoms with E-state index in [4.69, 9.17) is 0 Å². The molecule has 0 fully saturated rings. The smallest absolute Gasteiger partial charge is 0.256 e. The molecular weight excluding hydrogens is 374 g/mol. The maximum Gasteiger partial charge on any atom is 0.256 e. The Bertz CT molecular complexity index is 1240. The van der Waals surface area contributed by atoms with Crippen LogP contribution in [0.4, 0.5) is 5.69 Å². The van der Waals surface area contributed by atoms with E-state index < -0.39 is 0 Å². The van der Waals surface area contributed by atoms with Crippen molar-refractivity contribution in [3.63, 3.8) is 0 Å². The van der Waals surface area contributed by atoms with Crippen molar-refractivity contribution in [3.8, 4) is 11.4 Å². The highest BCUT2D eigenvalue weighted by Crippen LogP contribution is 2.26. The molecule has 4 aromatic rings. The molecule has 1 aliphatic heterocycles. The minimum Gasteiger partial charge on any atom is -0.322 e. The minimum absolute atomic E-state index is 0.145. The molecule has 0 saturated heterocycles. The molecule has 2 aromatic carbocycles. The number of aryl methyl sites for hydroxylation is 2. The molecule has 1 N–H and O–H groups in total. The molecule has 2 aromatic heterocycles. The number of rotatable bonds is 3. The summed E-state index contributed by atoms with van der Waals surface area (Å²) in [6.45, 7) is 2.84. The van der Waals surface area contributed by atoms with Gasteiger partial charge in [0.25, 0.3) is 5.91 Å². The molecule has 3 heterocycles. The van der Waals surface area contributed by atoms with Gasteiger partial charge in [0.1, 0.15) is 5.82 Å². The topological polar surface area (TPSA) is 72.7 Å². The molecule has 0 atom stereocenters. The van der Waals surface area contributed by atoms with Crippen LogP contribution >= 0.6 is 0 Å². The second-order valence-corrected chi connectivity index (χ2v) is 7.77. The van der Waals surface area contributed by atoms with Gasteiger partial charge in [0.15, 0.2) is 5.82 Å². The summed E-state index contributed by atoms with van der Waals surface area (Å²) in [5, 5.41) is 12.7. The number of pyridine rings is 1. The number of hydrogen-bond acceptors (Lipinski definition) is 4. The standard InChI is InChI=1S/C24H23N5O/c1-16-14-20(19-10-4-5-11-21(19)25-16)24(30)26-18-9-7-8-17(15-18)23-28-27-22-12-3-2-6-13-29(22)23/h4-5,7-11,14-15H,2-3,6,12-13H2,1H3,(H,26,30). The summed E-state index contributed by atoms with van der Waals surface area (Å²) >= 11 is 0. The third kappa shape index (κ3) is 3.45. The number of nitrogens with one attached hydrogen (secondary N) is 1. The average molecular weight is 397 g/mol. The minimum atomic E-state index is -0.145. The Labute approximate surface area is 175 Å². The van der Waals surface area contributed by atoms with Crippen molar-refractivity contribution in [2.75, 3.05) is 5.32 Å². The summed E-state index contributed by atoms with van der Waals surface area (Å²) in [5.74, 6) is 1.78. The zero-order valence-corrected chi connectivity index (χ0v) is 16.9. The molecule has 1 aliphatic rings. The van der Waals surface area contributed by atoms with Gasteiger partial charge in [0.2, 0.25) is 0 Å². The number of benzene rings is 2. The molecule has 1 amide bonds. The van der Waals surface area contributed by atoms with Crippen molar-refractivity contribution in [2.45, 2.75) is 39.2 Å². The van der Waals surface area contributed by atoms with E-state index in [0.717, 1.165) is 65.3 Å². The monoisotopic (exact) mass is 397 g/mol. The molecule has 5 rings (SSSR count). The van der Waals surface area contributed by atoms with Gasteiger partial charge in [0, 0.05) is 35.3 Å². The molecule has 0 bridgehead atoms. The molecule has 6 heteroatoms. The summed E-state index contributed by atoms with van der Waals surface area (Å²) in [6.07, 6.45) is 4.49. The molecule has 0 radical (unpaired) electrons. The average Bonchev–Trinajstić information content (AvgIpc) is 3.01. The fraction of sp³-hybridized carbons (Fsp3) is 0.250. The van der Waals surface area contributed by atoms with Crippen molar-refractivity contribution in [2.24, 2.45) is 0 Å². The molecule has 150 valence electrons. The number of fused-ring (bicyclic) bond motifs is 2. The van der Waals surface area contributed by atoms with Gasteiger partial charge < -0.3 is 9.88 Å². The second kappa shape index (κ2) is 7.71. The number of anilines is 1. The van der Waals surface area contributed by atoms with E-state index in [-0.39, 0.29) is 5.91 Å². The molecule has 0 aliphatic carbocycles. The van der Waals surface area contributed by atoms with Gasteiger partial charge >= 0.3 is 0 Å². The maximum atomic E-state index is 13.1. The first kappa shape index (κ1) is 18.5. The van der Waals surface area contributed by atoms with Crippen molar-refractivity contribution in [3.05, 3.63) is 71.7 Å². The lowest BCUT2D eigenvalue weighted by molar-refractivity contribution is 0.102. The largest absolute Gasteiger partial charge is 0.322 e. The number of amides is 1. The number of carbonyl (C=O) groups excluding carboxylic acids is 1. The number of aromatic nitrogens is 4. The summed E-state index contributed by atoms with van der Waals surface area (Å²) in [6, 6.07) is 17.4. The van der Waals surface area contributed by atoms with E-state index >= 15 is 0 Å². The van der Waals surface area contributed by atoms with E-state index in [1.54, 1.807) is 0 Å². The van der Waals surface area contributed by atoms with Crippen molar-refractivity contribution < 1.29 is 4.79 Å². The first-order valence-corrected chi connectivity index (χ1v) is 10.4. The Morgan fingerprint density at radius 3 is 2.83 bits per heavy atom. The normalized spacial score (nSPS) is 13.6. The van der Waals surface area contributed by atoms with Crippen LogP contribution in [0.5, 0.6) is 0 Å². The Balaban J connectivity index is 1.46. The lowest BCUT2D eigenvalue weighted by atomic mass is 10.1. The van der Waals surface area contributed by atoms with E-state index in [9.17, 15) is 4.79 Å².